The Morgan fingerprint density at radius 1 is 1.28 bits per heavy atom. The molecule has 4 aliphatic rings. The molecule has 2 aromatic rings. The van der Waals surface area contributed by atoms with E-state index in [1.807, 2.05) is 7.05 Å². The fraction of sp³-hybridized carbons (Fsp3) is 0.650. The normalized spacial score (nSPS) is 34.3. The summed E-state index contributed by atoms with van der Waals surface area (Å²) in [7, 11) is 1.91. The molecule has 3 N–H and O–H groups in total. The molecule has 1 unspecified atom stereocenters. The summed E-state index contributed by atoms with van der Waals surface area (Å²) in [5, 5.41) is 1.81. The van der Waals surface area contributed by atoms with Crippen molar-refractivity contribution in [3.05, 3.63) is 26.6 Å². The Kier molecular flexibility index (Phi) is 3.56. The molecule has 0 amide bonds. The van der Waals surface area contributed by atoms with Crippen LogP contribution in [0.4, 0.5) is 0 Å². The van der Waals surface area contributed by atoms with Crippen molar-refractivity contribution < 1.29 is 8.91 Å². The first-order valence-corrected chi connectivity index (χ1v) is 10.9. The van der Waals surface area contributed by atoms with Gasteiger partial charge >= 0.3 is 0 Å². The molecule has 8 nitrogen and oxygen atoms in total. The van der Waals surface area contributed by atoms with Gasteiger partial charge in [-0.25, -0.2) is 15.8 Å². The molecular weight excluding hydrogens is 388 g/mol. The van der Waals surface area contributed by atoms with Crippen molar-refractivity contribution in [2.24, 2.45) is 12.4 Å². The van der Waals surface area contributed by atoms with E-state index >= 15 is 0 Å². The molecule has 3 aliphatic carbocycles. The summed E-state index contributed by atoms with van der Waals surface area (Å²) in [6.07, 6.45) is 5.03. The number of rotatable bonds is 3. The van der Waals surface area contributed by atoms with E-state index in [0.29, 0.717) is 21.8 Å². The van der Waals surface area contributed by atoms with Crippen LogP contribution in [0, 0.1) is 12.3 Å². The molecule has 3 saturated carbocycles. The first-order valence-electron chi connectivity index (χ1n) is 11.6. The lowest BCUT2D eigenvalue weighted by molar-refractivity contribution is -0.00561. The number of carbonyl (C=O) groups excluding carboxylic acids is 1. The van der Waals surface area contributed by atoms with Crippen LogP contribution in [0.2, 0.25) is 0 Å². The third-order valence-corrected chi connectivity index (χ3v) is 8.41. The number of ketones is 1. The Morgan fingerprint density at radius 3 is 2.52 bits per heavy atom. The van der Waals surface area contributed by atoms with Crippen LogP contribution in [0.15, 0.2) is 4.79 Å². The van der Waals surface area contributed by atoms with Gasteiger partial charge in [-0.1, -0.05) is 0 Å². The van der Waals surface area contributed by atoms with Crippen LogP contribution in [0.3, 0.4) is 0 Å². The van der Waals surface area contributed by atoms with Gasteiger partial charge in [-0.05, 0) is 52.4 Å². The number of Topliss-reactive ketones (excluding diaryl/α,β-unsaturated/α-hetero) is 1. The van der Waals surface area contributed by atoms with Crippen LogP contribution in [-0.4, -0.2) is 33.7 Å². The molecule has 0 aromatic carbocycles. The van der Waals surface area contributed by atoms with Crippen LogP contribution in [0.5, 0.6) is 0 Å². The van der Waals surface area contributed by atoms with E-state index < -0.39 is 18.0 Å². The van der Waals surface area contributed by atoms with Crippen LogP contribution in [-0.2, 0) is 12.4 Å². The van der Waals surface area contributed by atoms with Crippen molar-refractivity contribution in [2.75, 3.05) is 7.05 Å². The minimum atomic E-state index is -2.64. The maximum atomic E-state index is 13.4. The molecule has 2 bridgehead atoms. The lowest BCUT2D eigenvalue weighted by Crippen LogP contribution is -2.57. The number of fused-ring (bicyclic) bond motifs is 4. The highest BCUT2D eigenvalue weighted by Crippen LogP contribution is 2.58. The molecule has 29 heavy (non-hydrogen) atoms. The molecule has 4 fully saturated rings. The third kappa shape index (κ3) is 2.68. The van der Waals surface area contributed by atoms with Crippen LogP contribution in [0.1, 0.15) is 70.6 Å². The second-order valence-electron chi connectivity index (χ2n) is 8.86. The molecule has 0 spiro atoms. The number of aromatic nitrogens is 2. The van der Waals surface area contributed by atoms with Crippen molar-refractivity contribution in [1.29, 1.82) is 0 Å². The zero-order chi connectivity index (χ0) is 23.1. The van der Waals surface area contributed by atoms with E-state index in [0.717, 1.165) is 54.4 Å². The number of hydrazine groups is 3. The Bertz CT molecular complexity index is 1150. The minimum absolute atomic E-state index is 0.0538. The van der Waals surface area contributed by atoms with E-state index in [4.69, 9.17) is 9.10 Å². The number of hydrogen-bond donors (Lipinski definition) is 3. The second kappa shape index (κ2) is 6.42. The van der Waals surface area contributed by atoms with Crippen molar-refractivity contribution in [2.45, 2.75) is 64.0 Å². The summed E-state index contributed by atoms with van der Waals surface area (Å²) in [6, 6.07) is 0. The number of thiophene rings is 1. The molecule has 1 aliphatic heterocycles. The summed E-state index contributed by atoms with van der Waals surface area (Å²) in [5.41, 5.74) is 9.58. The predicted octanol–water partition coefficient (Wildman–Crippen LogP) is 1.88. The summed E-state index contributed by atoms with van der Waals surface area (Å²) in [5.74, 6) is 0.170. The molecule has 6 rings (SSSR count). The highest BCUT2D eigenvalue weighted by molar-refractivity contribution is 7.19. The molecule has 2 aromatic heterocycles. The fourth-order valence-corrected chi connectivity index (χ4v) is 6.67. The zero-order valence-electron chi connectivity index (χ0n) is 19.9. The number of hydrogen-bond acceptors (Lipinski definition) is 8. The average molecular weight is 420 g/mol. The van der Waals surface area contributed by atoms with Crippen molar-refractivity contribution in [3.8, 4) is 0 Å². The van der Waals surface area contributed by atoms with Crippen LogP contribution >= 0.6 is 11.3 Å². The number of nitrogens with one attached hydrogen (secondary N) is 3. The largest absolute Gasteiger partial charge is 0.298 e. The molecule has 0 radical (unpaired) electrons. The molecular formula is C20H28N6O2S. The van der Waals surface area contributed by atoms with Gasteiger partial charge in [0.25, 0.3) is 5.56 Å². The SMILES string of the molecule is [2H]C([2H])([2H])n1c(C23CCC(C4NNN(C)N4)(CC2)CC3)nc2c(C(C)=O)c(C)sc2c1=O. The van der Waals surface area contributed by atoms with Gasteiger partial charge in [-0.3, -0.25) is 14.2 Å². The monoisotopic (exact) mass is 419 g/mol. The van der Waals surface area contributed by atoms with Gasteiger partial charge in [0.2, 0.25) is 0 Å². The smallest absolute Gasteiger partial charge is 0.271 e. The van der Waals surface area contributed by atoms with Crippen LogP contribution in [0.25, 0.3) is 10.2 Å². The molecule has 1 atom stereocenters. The number of aryl methyl sites for hydroxylation is 1. The van der Waals surface area contributed by atoms with Crippen molar-refractivity contribution in [1.82, 2.24) is 31.1 Å². The van der Waals surface area contributed by atoms with Gasteiger partial charge in [0.1, 0.15) is 10.5 Å². The lowest BCUT2D eigenvalue weighted by atomic mass is 9.52. The molecule has 3 heterocycles. The van der Waals surface area contributed by atoms with E-state index in [1.54, 1.807) is 12.0 Å². The van der Waals surface area contributed by atoms with Crippen molar-refractivity contribution >= 4 is 27.3 Å². The van der Waals surface area contributed by atoms with E-state index in [9.17, 15) is 9.59 Å². The van der Waals surface area contributed by atoms with E-state index in [2.05, 4.69) is 16.4 Å². The van der Waals surface area contributed by atoms with Gasteiger partial charge in [0.05, 0.1) is 17.2 Å². The predicted molar refractivity (Wildman–Crippen MR) is 112 cm³/mol. The highest BCUT2D eigenvalue weighted by atomic mass is 32.1. The first kappa shape index (κ1) is 16.1. The van der Waals surface area contributed by atoms with Gasteiger partial charge < -0.3 is 0 Å². The summed E-state index contributed by atoms with van der Waals surface area (Å²) < 4.78 is 25.6. The Morgan fingerprint density at radius 2 is 1.97 bits per heavy atom. The summed E-state index contributed by atoms with van der Waals surface area (Å²) >= 11 is 1.16. The Labute approximate surface area is 177 Å². The standard InChI is InChI=1S/C20H28N6O2S/c1-11(27)13-12(2)29-15-14(13)21-18(25(3)16(15)28)20-8-5-19(6-9-20,7-10-20)17-22-24-26(4)23-17/h17,22-24H,5-10H2,1-4H3/i3D3. The quantitative estimate of drug-likeness (QED) is 0.655. The maximum Gasteiger partial charge on any atom is 0.271 e. The number of nitrogens with zero attached hydrogens (tertiary/aromatic N) is 3. The molecule has 156 valence electrons. The fourth-order valence-electron chi connectivity index (χ4n) is 5.60. The molecule has 9 heteroatoms. The zero-order valence-corrected chi connectivity index (χ0v) is 17.7. The second-order valence-corrected chi connectivity index (χ2v) is 10.1. The van der Waals surface area contributed by atoms with E-state index in [-0.39, 0.29) is 22.1 Å². The Balaban J connectivity index is 1.64. The number of carbonyl (C=O) groups is 1. The maximum absolute atomic E-state index is 13.4. The lowest BCUT2D eigenvalue weighted by Gasteiger charge is -2.55. The molecule has 1 saturated heterocycles. The van der Waals surface area contributed by atoms with Crippen molar-refractivity contribution in [3.63, 3.8) is 0 Å². The van der Waals surface area contributed by atoms with Gasteiger partial charge in [-0.15, -0.1) is 11.3 Å². The summed E-state index contributed by atoms with van der Waals surface area (Å²) in [6.45, 7) is 0.609. The van der Waals surface area contributed by atoms with Crippen LogP contribution < -0.4 is 21.9 Å². The topological polar surface area (TPSA) is 91.3 Å². The van der Waals surface area contributed by atoms with Gasteiger partial charge in [-0.2, -0.15) is 10.7 Å². The Hall–Kier alpha value is -1.65. The highest BCUT2D eigenvalue weighted by Gasteiger charge is 2.55. The van der Waals surface area contributed by atoms with Gasteiger partial charge in [0, 0.05) is 33.8 Å². The van der Waals surface area contributed by atoms with E-state index in [1.165, 1.54) is 6.92 Å². The van der Waals surface area contributed by atoms with Gasteiger partial charge in [0.15, 0.2) is 5.78 Å². The third-order valence-electron chi connectivity index (χ3n) is 7.33. The first-order chi connectivity index (χ1) is 15.0. The summed E-state index contributed by atoms with van der Waals surface area (Å²) in [4.78, 5) is 31.3. The average Bonchev–Trinajstić information content (AvgIpc) is 3.31. The minimum Gasteiger partial charge on any atom is -0.298 e.